The van der Waals surface area contributed by atoms with Gasteiger partial charge in [0.1, 0.15) is 0 Å². The van der Waals surface area contributed by atoms with Crippen LogP contribution in [0.25, 0.3) is 6.08 Å². The molecule has 0 saturated carbocycles. The Morgan fingerprint density at radius 1 is 0.900 bits per heavy atom. The first-order chi connectivity index (χ1) is 14.5. The Bertz CT molecular complexity index is 1190. The van der Waals surface area contributed by atoms with E-state index in [1.165, 1.54) is 35.6 Å². The number of ether oxygens (including phenoxy) is 1. The summed E-state index contributed by atoms with van der Waals surface area (Å²) in [7, 11) is 0. The summed E-state index contributed by atoms with van der Waals surface area (Å²) in [5, 5.41) is 4.46. The number of ketones is 2. The van der Waals surface area contributed by atoms with E-state index in [9.17, 15) is 19.2 Å². The molecule has 1 aromatic heterocycles. The molecule has 1 amide bonds. The second kappa shape index (κ2) is 8.26. The van der Waals surface area contributed by atoms with Crippen LogP contribution >= 0.6 is 11.3 Å². The summed E-state index contributed by atoms with van der Waals surface area (Å²) in [6.07, 6.45) is 2.86. The molecule has 7 heteroatoms. The summed E-state index contributed by atoms with van der Waals surface area (Å²) in [6.45, 7) is -0.472. The third-order valence-electron chi connectivity index (χ3n) is 4.48. The second-order valence-corrected chi connectivity index (χ2v) is 7.45. The van der Waals surface area contributed by atoms with Gasteiger partial charge in [0, 0.05) is 38.9 Å². The Morgan fingerprint density at radius 3 is 2.30 bits per heavy atom. The van der Waals surface area contributed by atoms with Crippen molar-refractivity contribution in [1.82, 2.24) is 0 Å². The maximum absolute atomic E-state index is 12.7. The molecule has 1 N–H and O–H groups in total. The smallest absolute Gasteiger partial charge is 0.331 e. The van der Waals surface area contributed by atoms with Gasteiger partial charge in [0.25, 0.3) is 5.91 Å². The molecule has 0 unspecified atom stereocenters. The van der Waals surface area contributed by atoms with Gasteiger partial charge < -0.3 is 10.1 Å². The van der Waals surface area contributed by atoms with E-state index in [1.54, 1.807) is 30.3 Å². The minimum absolute atomic E-state index is 0.229. The van der Waals surface area contributed by atoms with Gasteiger partial charge in [0.15, 0.2) is 18.2 Å². The highest BCUT2D eigenvalue weighted by atomic mass is 32.1. The fraction of sp³-hybridized carbons (Fsp3) is 0.0435. The molecule has 2 aromatic carbocycles. The van der Waals surface area contributed by atoms with Crippen molar-refractivity contribution in [1.29, 1.82) is 0 Å². The van der Waals surface area contributed by atoms with Crippen molar-refractivity contribution in [2.45, 2.75) is 0 Å². The van der Waals surface area contributed by atoms with Crippen molar-refractivity contribution in [3.05, 3.63) is 93.2 Å². The molecule has 0 atom stereocenters. The van der Waals surface area contributed by atoms with Crippen LogP contribution < -0.4 is 5.32 Å². The number of carbonyl (C=O) groups excluding carboxylic acids is 4. The van der Waals surface area contributed by atoms with E-state index >= 15 is 0 Å². The predicted octanol–water partition coefficient (Wildman–Crippen LogP) is 3.72. The largest absolute Gasteiger partial charge is 0.452 e. The molecule has 3 aromatic rings. The number of fused-ring (bicyclic) bond motifs is 2. The van der Waals surface area contributed by atoms with Crippen LogP contribution in [0.5, 0.6) is 0 Å². The third kappa shape index (κ3) is 3.97. The maximum atomic E-state index is 12.7. The third-order valence-corrected chi connectivity index (χ3v) is 5.32. The standard InChI is InChI=1S/C23H15NO5S/c25-20(13-29-21(26)10-8-15-4-3-11-30-15)24-14-7-9-18-19(12-14)23(28)17-6-2-1-5-16(17)22(18)27/h1-12H,13H2,(H,24,25). The molecule has 0 bridgehead atoms. The summed E-state index contributed by atoms with van der Waals surface area (Å²) in [6, 6.07) is 14.8. The molecule has 0 aliphatic heterocycles. The molecule has 0 fully saturated rings. The first kappa shape index (κ1) is 19.5. The average Bonchev–Trinajstić information content (AvgIpc) is 3.28. The molecule has 0 saturated heterocycles. The number of rotatable bonds is 5. The first-order valence-corrected chi connectivity index (χ1v) is 9.91. The molecular weight excluding hydrogens is 402 g/mol. The van der Waals surface area contributed by atoms with E-state index in [0.717, 1.165) is 4.88 Å². The zero-order valence-corrected chi connectivity index (χ0v) is 16.4. The molecule has 0 spiro atoms. The number of anilines is 1. The van der Waals surface area contributed by atoms with E-state index in [1.807, 2.05) is 17.5 Å². The normalized spacial score (nSPS) is 12.4. The molecular formula is C23H15NO5S. The van der Waals surface area contributed by atoms with Gasteiger partial charge >= 0.3 is 5.97 Å². The Kier molecular flexibility index (Phi) is 5.36. The van der Waals surface area contributed by atoms with Crippen LogP contribution in [0.3, 0.4) is 0 Å². The first-order valence-electron chi connectivity index (χ1n) is 9.03. The number of esters is 1. The highest BCUT2D eigenvalue weighted by molar-refractivity contribution is 7.10. The molecule has 1 heterocycles. The number of hydrogen-bond donors (Lipinski definition) is 1. The van der Waals surface area contributed by atoms with Crippen molar-refractivity contribution in [2.24, 2.45) is 0 Å². The van der Waals surface area contributed by atoms with Gasteiger partial charge in [0.2, 0.25) is 0 Å². The lowest BCUT2D eigenvalue weighted by atomic mass is 9.84. The highest BCUT2D eigenvalue weighted by Gasteiger charge is 2.29. The molecule has 4 rings (SSSR count). The number of amides is 1. The minimum Gasteiger partial charge on any atom is -0.452 e. The van der Waals surface area contributed by atoms with Crippen molar-refractivity contribution in [3.63, 3.8) is 0 Å². The molecule has 1 aliphatic rings. The van der Waals surface area contributed by atoms with Gasteiger partial charge in [-0.1, -0.05) is 30.3 Å². The van der Waals surface area contributed by atoms with Gasteiger partial charge in [-0.2, -0.15) is 0 Å². The van der Waals surface area contributed by atoms with Crippen LogP contribution in [0, 0.1) is 0 Å². The van der Waals surface area contributed by atoms with Gasteiger partial charge in [-0.25, -0.2) is 4.79 Å². The molecule has 6 nitrogen and oxygen atoms in total. The van der Waals surface area contributed by atoms with Crippen molar-refractivity contribution < 1.29 is 23.9 Å². The molecule has 148 valence electrons. The van der Waals surface area contributed by atoms with E-state index < -0.39 is 18.5 Å². The van der Waals surface area contributed by atoms with Crippen molar-refractivity contribution in [3.8, 4) is 0 Å². The maximum Gasteiger partial charge on any atom is 0.331 e. The van der Waals surface area contributed by atoms with E-state index in [-0.39, 0.29) is 17.1 Å². The van der Waals surface area contributed by atoms with E-state index in [2.05, 4.69) is 5.32 Å². The van der Waals surface area contributed by atoms with Crippen molar-refractivity contribution in [2.75, 3.05) is 11.9 Å². The fourth-order valence-corrected chi connectivity index (χ4v) is 3.71. The van der Waals surface area contributed by atoms with Crippen LogP contribution in [0.1, 0.15) is 36.7 Å². The zero-order valence-electron chi connectivity index (χ0n) is 15.6. The highest BCUT2D eigenvalue weighted by Crippen LogP contribution is 2.29. The van der Waals surface area contributed by atoms with Crippen LogP contribution in [-0.2, 0) is 14.3 Å². The summed E-state index contributed by atoms with van der Waals surface area (Å²) in [5.41, 5.74) is 1.57. The lowest BCUT2D eigenvalue weighted by Crippen LogP contribution is -2.23. The topological polar surface area (TPSA) is 89.5 Å². The Morgan fingerprint density at radius 2 is 1.60 bits per heavy atom. The average molecular weight is 417 g/mol. The number of benzene rings is 2. The van der Waals surface area contributed by atoms with Crippen LogP contribution in [0.15, 0.2) is 66.1 Å². The Labute approximate surface area is 175 Å². The lowest BCUT2D eigenvalue weighted by Gasteiger charge is -2.18. The Balaban J connectivity index is 1.41. The summed E-state index contributed by atoms with van der Waals surface area (Å²) >= 11 is 1.47. The van der Waals surface area contributed by atoms with Gasteiger partial charge in [-0.3, -0.25) is 14.4 Å². The monoisotopic (exact) mass is 417 g/mol. The van der Waals surface area contributed by atoms with Crippen LogP contribution in [-0.4, -0.2) is 30.0 Å². The van der Waals surface area contributed by atoms with E-state index in [4.69, 9.17) is 4.74 Å². The molecule has 0 radical (unpaired) electrons. The quantitative estimate of drug-likeness (QED) is 0.395. The SMILES string of the molecule is O=C(COC(=O)C=Cc1cccs1)Nc1ccc2c(c1)C(=O)c1ccccc1C2=O. The minimum atomic E-state index is -0.638. The molecule has 1 aliphatic carbocycles. The Hall–Kier alpha value is -3.84. The number of thiophene rings is 1. The van der Waals surface area contributed by atoms with Gasteiger partial charge in [-0.05, 0) is 35.7 Å². The summed E-state index contributed by atoms with van der Waals surface area (Å²) < 4.78 is 4.92. The van der Waals surface area contributed by atoms with E-state index in [0.29, 0.717) is 22.4 Å². The van der Waals surface area contributed by atoms with Gasteiger partial charge in [0.05, 0.1) is 0 Å². The van der Waals surface area contributed by atoms with Crippen LogP contribution in [0.2, 0.25) is 0 Å². The fourth-order valence-electron chi connectivity index (χ4n) is 3.10. The summed E-state index contributed by atoms with van der Waals surface area (Å²) in [4.78, 5) is 50.1. The number of nitrogens with one attached hydrogen (secondary N) is 1. The van der Waals surface area contributed by atoms with Gasteiger partial charge in [-0.15, -0.1) is 11.3 Å². The van der Waals surface area contributed by atoms with Crippen LogP contribution in [0.4, 0.5) is 5.69 Å². The number of hydrogen-bond acceptors (Lipinski definition) is 6. The lowest BCUT2D eigenvalue weighted by molar-refractivity contribution is -0.142. The zero-order chi connectivity index (χ0) is 21.1. The molecule has 30 heavy (non-hydrogen) atoms. The summed E-state index contributed by atoms with van der Waals surface area (Å²) in [5.74, 6) is -1.70. The van der Waals surface area contributed by atoms with Crippen molar-refractivity contribution >= 4 is 46.5 Å². The predicted molar refractivity (Wildman–Crippen MR) is 113 cm³/mol. The number of carbonyl (C=O) groups is 4. The second-order valence-electron chi connectivity index (χ2n) is 6.47.